The molecule has 0 unspecified atom stereocenters. The Morgan fingerprint density at radius 3 is 2.31 bits per heavy atom. The molecule has 0 amide bonds. The fourth-order valence-electron chi connectivity index (χ4n) is 0.777. The first-order valence-corrected chi connectivity index (χ1v) is 5.23. The summed E-state index contributed by atoms with van der Waals surface area (Å²) in [5, 5.41) is 0. The quantitative estimate of drug-likeness (QED) is 0.748. The molecule has 1 N–H and O–H groups in total. The van der Waals surface area contributed by atoms with Crippen LogP contribution in [0.15, 0.2) is 24.3 Å². The molecule has 0 bridgehead atoms. The van der Waals surface area contributed by atoms with Crippen LogP contribution in [-0.2, 0) is 10.1 Å². The lowest BCUT2D eigenvalue weighted by Gasteiger charge is -2.03. The van der Waals surface area contributed by atoms with E-state index < -0.39 is 16.1 Å². The van der Waals surface area contributed by atoms with E-state index in [2.05, 4.69) is 0 Å². The van der Waals surface area contributed by atoms with Gasteiger partial charge < -0.3 is 4.74 Å². The van der Waals surface area contributed by atoms with Crippen LogP contribution in [-0.4, -0.2) is 18.9 Å². The van der Waals surface area contributed by atoms with E-state index in [0.29, 0.717) is 5.75 Å². The fourth-order valence-corrected chi connectivity index (χ4v) is 1.06. The predicted molar refractivity (Wildman–Crippen MR) is 48.2 cm³/mol. The van der Waals surface area contributed by atoms with Crippen molar-refractivity contribution < 1.29 is 17.7 Å². The zero-order valence-electron chi connectivity index (χ0n) is 7.10. The highest BCUT2D eigenvalue weighted by Crippen LogP contribution is 2.11. The molecular formula is C8H10O4S. The van der Waals surface area contributed by atoms with Crippen LogP contribution in [0, 0.1) is 6.92 Å². The number of rotatable bonds is 3. The zero-order chi connectivity index (χ0) is 9.90. The van der Waals surface area contributed by atoms with Crippen molar-refractivity contribution in [2.24, 2.45) is 0 Å². The van der Waals surface area contributed by atoms with Crippen molar-refractivity contribution >= 4 is 10.1 Å². The molecule has 4 nitrogen and oxygen atoms in total. The average molecular weight is 202 g/mol. The van der Waals surface area contributed by atoms with E-state index in [0.717, 1.165) is 5.56 Å². The molecule has 1 aromatic rings. The Bertz CT molecular complexity index is 366. The molecule has 0 spiro atoms. The monoisotopic (exact) mass is 202 g/mol. The van der Waals surface area contributed by atoms with Crippen LogP contribution in [0.4, 0.5) is 0 Å². The molecule has 0 aliphatic rings. The number of aryl methyl sites for hydroxylation is 1. The predicted octanol–water partition coefficient (Wildman–Crippen LogP) is 1.22. The molecule has 72 valence electrons. The Morgan fingerprint density at radius 2 is 1.85 bits per heavy atom. The Balaban J connectivity index is 2.61. The second-order valence-electron chi connectivity index (χ2n) is 2.66. The van der Waals surface area contributed by atoms with Gasteiger partial charge in [-0.15, -0.1) is 0 Å². The van der Waals surface area contributed by atoms with Crippen LogP contribution < -0.4 is 4.74 Å². The highest BCUT2D eigenvalue weighted by molar-refractivity contribution is 7.85. The molecule has 0 saturated heterocycles. The van der Waals surface area contributed by atoms with E-state index in [-0.39, 0.29) is 0 Å². The maximum absolute atomic E-state index is 10.3. The zero-order valence-corrected chi connectivity index (χ0v) is 7.91. The standard InChI is InChI=1S/C8H10O4S/c1-7-2-4-8(5-3-7)12-6-13(9,10)11/h2-5H,6H2,1H3,(H,9,10,11). The van der Waals surface area contributed by atoms with Crippen LogP contribution in [0.1, 0.15) is 5.56 Å². The summed E-state index contributed by atoms with van der Waals surface area (Å²) in [4.78, 5) is 0. The minimum Gasteiger partial charge on any atom is -0.475 e. The lowest BCUT2D eigenvalue weighted by atomic mass is 10.2. The second kappa shape index (κ2) is 3.76. The lowest BCUT2D eigenvalue weighted by molar-refractivity contribution is 0.353. The van der Waals surface area contributed by atoms with E-state index in [1.807, 2.05) is 6.92 Å². The number of hydrogen-bond acceptors (Lipinski definition) is 3. The molecule has 0 atom stereocenters. The maximum Gasteiger partial charge on any atom is 0.300 e. The van der Waals surface area contributed by atoms with Crippen molar-refractivity contribution in [3.63, 3.8) is 0 Å². The van der Waals surface area contributed by atoms with Crippen molar-refractivity contribution in [3.8, 4) is 5.75 Å². The third-order valence-corrected chi connectivity index (χ3v) is 1.81. The van der Waals surface area contributed by atoms with Gasteiger partial charge in [-0.1, -0.05) is 17.7 Å². The number of benzene rings is 1. The summed E-state index contributed by atoms with van der Waals surface area (Å²) in [6.07, 6.45) is 0. The molecule has 0 saturated carbocycles. The first kappa shape index (κ1) is 10.0. The van der Waals surface area contributed by atoms with Crippen molar-refractivity contribution in [2.45, 2.75) is 6.92 Å². The van der Waals surface area contributed by atoms with Crippen LogP contribution in [0.3, 0.4) is 0 Å². The summed E-state index contributed by atoms with van der Waals surface area (Å²) in [5.41, 5.74) is 1.05. The molecule has 0 radical (unpaired) electrons. The van der Waals surface area contributed by atoms with Gasteiger partial charge in [0.05, 0.1) is 0 Å². The SMILES string of the molecule is Cc1ccc(OCS(=O)(=O)O)cc1. The van der Waals surface area contributed by atoms with Crippen LogP contribution in [0.2, 0.25) is 0 Å². The fraction of sp³-hybridized carbons (Fsp3) is 0.250. The molecule has 0 fully saturated rings. The van der Waals surface area contributed by atoms with E-state index in [4.69, 9.17) is 9.29 Å². The average Bonchev–Trinajstić information content (AvgIpc) is 2.02. The van der Waals surface area contributed by atoms with Crippen LogP contribution in [0.25, 0.3) is 0 Å². The molecule has 5 heteroatoms. The van der Waals surface area contributed by atoms with Gasteiger partial charge in [-0.2, -0.15) is 8.42 Å². The summed E-state index contributed by atoms with van der Waals surface area (Å²) in [6.45, 7) is 1.91. The van der Waals surface area contributed by atoms with Gasteiger partial charge in [-0.3, -0.25) is 4.55 Å². The Labute approximate surface area is 76.9 Å². The first-order chi connectivity index (χ1) is 5.97. The van der Waals surface area contributed by atoms with Gasteiger partial charge in [0, 0.05) is 0 Å². The van der Waals surface area contributed by atoms with Gasteiger partial charge in [0.2, 0.25) is 5.94 Å². The topological polar surface area (TPSA) is 63.6 Å². The van der Waals surface area contributed by atoms with E-state index in [9.17, 15) is 8.42 Å². The van der Waals surface area contributed by atoms with Crippen LogP contribution >= 0.6 is 0 Å². The minimum absolute atomic E-state index is 0.420. The number of hydrogen-bond donors (Lipinski definition) is 1. The van der Waals surface area contributed by atoms with Gasteiger partial charge >= 0.3 is 10.1 Å². The van der Waals surface area contributed by atoms with Gasteiger partial charge in [0.1, 0.15) is 5.75 Å². The molecule has 1 aromatic carbocycles. The summed E-state index contributed by atoms with van der Waals surface area (Å²) >= 11 is 0. The second-order valence-corrected chi connectivity index (χ2v) is 4.06. The Hall–Kier alpha value is -1.07. The van der Waals surface area contributed by atoms with Crippen molar-refractivity contribution in [1.29, 1.82) is 0 Å². The smallest absolute Gasteiger partial charge is 0.300 e. The van der Waals surface area contributed by atoms with E-state index >= 15 is 0 Å². The summed E-state index contributed by atoms with van der Waals surface area (Å²) in [6, 6.07) is 6.86. The summed E-state index contributed by atoms with van der Waals surface area (Å²) in [5.74, 6) is -0.293. The first-order valence-electron chi connectivity index (χ1n) is 3.62. The molecule has 0 aliphatic carbocycles. The minimum atomic E-state index is -4.05. The summed E-state index contributed by atoms with van der Waals surface area (Å²) in [7, 11) is -4.05. The van der Waals surface area contributed by atoms with Crippen molar-refractivity contribution in [1.82, 2.24) is 0 Å². The maximum atomic E-state index is 10.3. The highest BCUT2D eigenvalue weighted by Gasteiger charge is 2.04. The third kappa shape index (κ3) is 3.91. The molecule has 0 aliphatic heterocycles. The van der Waals surface area contributed by atoms with Crippen molar-refractivity contribution in [3.05, 3.63) is 29.8 Å². The molecule has 0 heterocycles. The van der Waals surface area contributed by atoms with Gasteiger partial charge in [0.25, 0.3) is 0 Å². The van der Waals surface area contributed by atoms with Gasteiger partial charge in [0.15, 0.2) is 0 Å². The lowest BCUT2D eigenvalue weighted by Crippen LogP contribution is -2.10. The van der Waals surface area contributed by atoms with E-state index in [1.54, 1.807) is 24.3 Å². The molecule has 1 rings (SSSR count). The van der Waals surface area contributed by atoms with Crippen molar-refractivity contribution in [2.75, 3.05) is 5.94 Å². The Morgan fingerprint density at radius 1 is 1.31 bits per heavy atom. The highest BCUT2D eigenvalue weighted by atomic mass is 32.2. The van der Waals surface area contributed by atoms with Crippen LogP contribution in [0.5, 0.6) is 5.75 Å². The molecular weight excluding hydrogens is 192 g/mol. The normalized spacial score (nSPS) is 11.2. The molecule has 0 aromatic heterocycles. The molecule has 13 heavy (non-hydrogen) atoms. The van der Waals surface area contributed by atoms with E-state index in [1.165, 1.54) is 0 Å². The summed E-state index contributed by atoms with van der Waals surface area (Å²) < 4.78 is 33.8. The largest absolute Gasteiger partial charge is 0.475 e. The van der Waals surface area contributed by atoms with Gasteiger partial charge in [-0.05, 0) is 19.1 Å². The number of ether oxygens (including phenoxy) is 1. The van der Waals surface area contributed by atoms with Gasteiger partial charge in [-0.25, -0.2) is 0 Å². The Kier molecular flexibility index (Phi) is 2.90. The third-order valence-electron chi connectivity index (χ3n) is 1.40.